The number of benzene rings is 1. The molecule has 1 aromatic carbocycles. The summed E-state index contributed by atoms with van der Waals surface area (Å²) in [5.41, 5.74) is 1.56. The first-order chi connectivity index (χ1) is 13.3. The van der Waals surface area contributed by atoms with Crippen LogP contribution < -0.4 is 5.32 Å². The monoisotopic (exact) mass is 418 g/mol. The van der Waals surface area contributed by atoms with Crippen LogP contribution in [0.5, 0.6) is 0 Å². The maximum Gasteiger partial charge on any atom is 0.226 e. The first-order valence-corrected chi connectivity index (χ1v) is 10.9. The normalized spacial score (nSPS) is 11.0. The Balaban J connectivity index is 1.28. The highest BCUT2D eigenvalue weighted by molar-refractivity contribution is 8.00. The maximum absolute atomic E-state index is 13.0. The molecule has 9 heteroatoms. The van der Waals surface area contributed by atoms with E-state index < -0.39 is 0 Å². The van der Waals surface area contributed by atoms with Crippen LogP contribution in [0.15, 0.2) is 56.8 Å². The van der Waals surface area contributed by atoms with E-state index in [4.69, 9.17) is 4.42 Å². The smallest absolute Gasteiger partial charge is 0.226 e. The Bertz CT molecular complexity index is 982. The third-order valence-corrected chi connectivity index (χ3v) is 6.60. The highest BCUT2D eigenvalue weighted by Gasteiger charge is 2.10. The van der Waals surface area contributed by atoms with Crippen molar-refractivity contribution in [3.63, 3.8) is 0 Å². The second-order valence-electron chi connectivity index (χ2n) is 5.57. The Labute approximate surface area is 167 Å². The van der Waals surface area contributed by atoms with Crippen LogP contribution in [0.3, 0.4) is 0 Å². The molecule has 1 N–H and O–H groups in total. The zero-order chi connectivity index (χ0) is 18.5. The van der Waals surface area contributed by atoms with Crippen LogP contribution in [0.1, 0.15) is 10.6 Å². The molecule has 138 valence electrons. The molecule has 0 saturated heterocycles. The lowest BCUT2D eigenvalue weighted by Gasteiger charge is -1.99. The van der Waals surface area contributed by atoms with Gasteiger partial charge in [0.1, 0.15) is 12.1 Å². The van der Waals surface area contributed by atoms with Crippen LogP contribution in [-0.2, 0) is 12.2 Å². The van der Waals surface area contributed by atoms with E-state index in [-0.39, 0.29) is 5.82 Å². The predicted molar refractivity (Wildman–Crippen MR) is 108 cm³/mol. The molecule has 4 rings (SSSR count). The predicted octanol–water partition coefficient (Wildman–Crippen LogP) is 5.34. The molecular formula is C18H15FN4OS3. The van der Waals surface area contributed by atoms with Crippen LogP contribution in [0.4, 0.5) is 9.52 Å². The van der Waals surface area contributed by atoms with Gasteiger partial charge in [-0.05, 0) is 42.1 Å². The van der Waals surface area contributed by atoms with Gasteiger partial charge in [-0.1, -0.05) is 29.2 Å². The second kappa shape index (κ2) is 8.64. The number of nitrogens with zero attached hydrogens (tertiary/aromatic N) is 3. The largest absolute Gasteiger partial charge is 0.444 e. The maximum atomic E-state index is 13.0. The van der Waals surface area contributed by atoms with Crippen molar-refractivity contribution in [2.45, 2.75) is 16.5 Å². The molecule has 0 radical (unpaired) electrons. The Hall–Kier alpha value is -2.23. The van der Waals surface area contributed by atoms with Crippen LogP contribution in [-0.4, -0.2) is 21.7 Å². The lowest BCUT2D eigenvalue weighted by Crippen LogP contribution is -2.03. The molecule has 0 saturated carbocycles. The summed E-state index contributed by atoms with van der Waals surface area (Å²) < 4.78 is 19.4. The highest BCUT2D eigenvalue weighted by atomic mass is 32.2. The minimum Gasteiger partial charge on any atom is -0.444 e. The molecule has 0 fully saturated rings. The topological polar surface area (TPSA) is 63.8 Å². The number of nitrogens with one attached hydrogen (secondary N) is 1. The standard InChI is InChI=1S/C18H15FN4OS3/c19-13-5-3-12(4-6-13)16-21-14(10-24-16)11-26-18-23-22-17(27-18)20-8-7-15-2-1-9-25-15/h1-6,9-10H,7-8,11H2,(H,20,22). The van der Waals surface area contributed by atoms with Crippen molar-refractivity contribution in [3.8, 4) is 11.5 Å². The number of thiophene rings is 1. The number of hydrogen-bond acceptors (Lipinski definition) is 8. The molecule has 0 aliphatic rings. The van der Waals surface area contributed by atoms with Gasteiger partial charge in [-0.15, -0.1) is 21.5 Å². The molecule has 3 heterocycles. The lowest BCUT2D eigenvalue weighted by molar-refractivity contribution is 0.573. The molecule has 5 nitrogen and oxygen atoms in total. The van der Waals surface area contributed by atoms with E-state index in [0.717, 1.165) is 33.7 Å². The summed E-state index contributed by atoms with van der Waals surface area (Å²) in [6.07, 6.45) is 2.59. The van der Waals surface area contributed by atoms with Crippen molar-refractivity contribution in [2.75, 3.05) is 11.9 Å². The molecule has 0 aliphatic carbocycles. The van der Waals surface area contributed by atoms with E-state index >= 15 is 0 Å². The van der Waals surface area contributed by atoms with Crippen LogP contribution in [0.25, 0.3) is 11.5 Å². The molecule has 4 aromatic rings. The summed E-state index contributed by atoms with van der Waals surface area (Å²) in [6, 6.07) is 10.3. The highest BCUT2D eigenvalue weighted by Crippen LogP contribution is 2.29. The molecule has 3 aromatic heterocycles. The number of hydrogen-bond donors (Lipinski definition) is 1. The fraction of sp³-hybridized carbons (Fsp3) is 0.167. The Morgan fingerprint density at radius 1 is 1.15 bits per heavy atom. The van der Waals surface area contributed by atoms with Crippen molar-refractivity contribution in [1.82, 2.24) is 15.2 Å². The number of thioether (sulfide) groups is 1. The first-order valence-electron chi connectivity index (χ1n) is 8.19. The van der Waals surface area contributed by atoms with Gasteiger partial charge in [-0.25, -0.2) is 9.37 Å². The minimum absolute atomic E-state index is 0.280. The third-order valence-electron chi connectivity index (χ3n) is 3.62. The molecule has 0 atom stereocenters. The fourth-order valence-electron chi connectivity index (χ4n) is 2.32. The number of halogens is 1. The van der Waals surface area contributed by atoms with Crippen molar-refractivity contribution >= 4 is 39.6 Å². The molecular weight excluding hydrogens is 403 g/mol. The van der Waals surface area contributed by atoms with Crippen LogP contribution in [0.2, 0.25) is 0 Å². The summed E-state index contributed by atoms with van der Waals surface area (Å²) >= 11 is 4.85. The average molecular weight is 419 g/mol. The van der Waals surface area contributed by atoms with Gasteiger partial charge >= 0.3 is 0 Å². The van der Waals surface area contributed by atoms with Crippen molar-refractivity contribution in [1.29, 1.82) is 0 Å². The van der Waals surface area contributed by atoms with Gasteiger partial charge in [0.25, 0.3) is 0 Å². The fourth-order valence-corrected chi connectivity index (χ4v) is 4.68. The second-order valence-corrected chi connectivity index (χ2v) is 8.80. The molecule has 0 amide bonds. The van der Waals surface area contributed by atoms with E-state index in [1.54, 1.807) is 41.5 Å². The molecule has 0 unspecified atom stereocenters. The summed E-state index contributed by atoms with van der Waals surface area (Å²) in [5.74, 6) is 0.838. The molecule has 0 spiro atoms. The molecule has 0 aliphatic heterocycles. The van der Waals surface area contributed by atoms with Gasteiger partial charge < -0.3 is 9.73 Å². The number of anilines is 1. The summed E-state index contributed by atoms with van der Waals surface area (Å²) in [7, 11) is 0. The third kappa shape index (κ3) is 4.94. The van der Waals surface area contributed by atoms with Crippen LogP contribution >= 0.6 is 34.4 Å². The quantitative estimate of drug-likeness (QED) is 0.390. The average Bonchev–Trinajstić information content (AvgIpc) is 3.43. The SMILES string of the molecule is Fc1ccc(-c2nc(CSc3nnc(NCCc4cccs4)s3)co2)cc1. The van der Waals surface area contributed by atoms with E-state index in [0.29, 0.717) is 11.6 Å². The summed E-state index contributed by atoms with van der Waals surface area (Å²) in [6.45, 7) is 0.837. The number of aromatic nitrogens is 3. The lowest BCUT2D eigenvalue weighted by atomic mass is 10.2. The van der Waals surface area contributed by atoms with E-state index in [2.05, 4.69) is 38.0 Å². The number of oxazole rings is 1. The van der Waals surface area contributed by atoms with E-state index in [1.807, 2.05) is 0 Å². The van der Waals surface area contributed by atoms with E-state index in [9.17, 15) is 4.39 Å². The minimum atomic E-state index is -0.280. The van der Waals surface area contributed by atoms with Crippen molar-refractivity contribution in [3.05, 3.63) is 64.4 Å². The molecule has 0 bridgehead atoms. The van der Waals surface area contributed by atoms with Crippen molar-refractivity contribution in [2.24, 2.45) is 0 Å². The Morgan fingerprint density at radius 3 is 2.85 bits per heavy atom. The van der Waals surface area contributed by atoms with Crippen molar-refractivity contribution < 1.29 is 8.81 Å². The van der Waals surface area contributed by atoms with Gasteiger partial charge in [-0.2, -0.15) is 0 Å². The van der Waals surface area contributed by atoms with Gasteiger partial charge in [0, 0.05) is 22.7 Å². The van der Waals surface area contributed by atoms with Crippen LogP contribution in [0, 0.1) is 5.82 Å². The Kier molecular flexibility index (Phi) is 5.81. The van der Waals surface area contributed by atoms with Gasteiger partial charge in [0.2, 0.25) is 11.0 Å². The Morgan fingerprint density at radius 2 is 2.04 bits per heavy atom. The zero-order valence-corrected chi connectivity index (χ0v) is 16.5. The summed E-state index contributed by atoms with van der Waals surface area (Å²) in [5, 5.41) is 14.6. The van der Waals surface area contributed by atoms with Gasteiger partial charge in [0.05, 0.1) is 5.69 Å². The van der Waals surface area contributed by atoms with Gasteiger partial charge in [-0.3, -0.25) is 0 Å². The first kappa shape index (κ1) is 18.1. The van der Waals surface area contributed by atoms with E-state index in [1.165, 1.54) is 28.3 Å². The van der Waals surface area contributed by atoms with Gasteiger partial charge in [0.15, 0.2) is 4.34 Å². The number of rotatable bonds is 8. The zero-order valence-electron chi connectivity index (χ0n) is 14.1. The summed E-state index contributed by atoms with van der Waals surface area (Å²) in [4.78, 5) is 5.79. The molecule has 27 heavy (non-hydrogen) atoms.